The molecular formula is C12H12ClN5O. The Morgan fingerprint density at radius 3 is 2.63 bits per heavy atom. The van der Waals surface area contributed by atoms with Crippen LogP contribution in [-0.2, 0) is 0 Å². The number of aryl methyl sites for hydroxylation is 1. The van der Waals surface area contributed by atoms with Crippen molar-refractivity contribution < 1.29 is 0 Å². The van der Waals surface area contributed by atoms with Crippen molar-refractivity contribution in [3.05, 3.63) is 50.9 Å². The van der Waals surface area contributed by atoms with Crippen LogP contribution >= 0.6 is 11.6 Å². The van der Waals surface area contributed by atoms with Crippen LogP contribution in [0.4, 0.5) is 5.95 Å². The number of hydrogen-bond acceptors (Lipinski definition) is 5. The molecule has 0 atom stereocenters. The average molecular weight is 278 g/mol. The van der Waals surface area contributed by atoms with E-state index in [9.17, 15) is 4.79 Å². The van der Waals surface area contributed by atoms with Crippen molar-refractivity contribution in [1.29, 1.82) is 0 Å². The first-order valence-electron chi connectivity index (χ1n) is 5.56. The number of rotatable bonds is 3. The Kier molecular flexibility index (Phi) is 3.91. The van der Waals surface area contributed by atoms with Gasteiger partial charge in [-0.2, -0.15) is 5.10 Å². The van der Waals surface area contributed by atoms with Crippen LogP contribution < -0.4 is 11.0 Å². The molecule has 2 aromatic rings. The van der Waals surface area contributed by atoms with E-state index in [1.165, 1.54) is 0 Å². The third kappa shape index (κ3) is 3.38. The molecule has 0 fully saturated rings. The summed E-state index contributed by atoms with van der Waals surface area (Å²) >= 11 is 5.81. The van der Waals surface area contributed by atoms with E-state index in [2.05, 4.69) is 25.7 Å². The molecule has 0 aliphatic heterocycles. The molecule has 1 aromatic heterocycles. The normalized spacial score (nSPS) is 11.4. The molecule has 19 heavy (non-hydrogen) atoms. The minimum absolute atomic E-state index is 0.198. The van der Waals surface area contributed by atoms with Crippen molar-refractivity contribution in [1.82, 2.24) is 15.2 Å². The summed E-state index contributed by atoms with van der Waals surface area (Å²) in [6.45, 7) is 3.41. The first kappa shape index (κ1) is 13.2. The highest BCUT2D eigenvalue weighted by molar-refractivity contribution is 6.30. The molecule has 0 bridgehead atoms. The van der Waals surface area contributed by atoms with Gasteiger partial charge in [0.05, 0.1) is 5.71 Å². The van der Waals surface area contributed by atoms with Crippen LogP contribution in [0.1, 0.15) is 18.2 Å². The number of H-pyrrole nitrogens is 1. The van der Waals surface area contributed by atoms with E-state index in [1.807, 2.05) is 19.1 Å². The van der Waals surface area contributed by atoms with Crippen LogP contribution in [0.25, 0.3) is 0 Å². The van der Waals surface area contributed by atoms with Gasteiger partial charge in [0.1, 0.15) is 5.69 Å². The highest BCUT2D eigenvalue weighted by Crippen LogP contribution is 2.10. The number of hydrazone groups is 1. The summed E-state index contributed by atoms with van der Waals surface area (Å²) < 4.78 is 0. The van der Waals surface area contributed by atoms with Crippen LogP contribution in [-0.4, -0.2) is 20.9 Å². The third-order valence-electron chi connectivity index (χ3n) is 2.45. The lowest BCUT2D eigenvalue weighted by atomic mass is 10.1. The van der Waals surface area contributed by atoms with E-state index in [1.54, 1.807) is 19.1 Å². The molecule has 6 nitrogen and oxygen atoms in total. The predicted molar refractivity (Wildman–Crippen MR) is 74.7 cm³/mol. The zero-order chi connectivity index (χ0) is 13.8. The van der Waals surface area contributed by atoms with Gasteiger partial charge in [0.2, 0.25) is 5.95 Å². The van der Waals surface area contributed by atoms with Gasteiger partial charge in [-0.3, -0.25) is 9.78 Å². The van der Waals surface area contributed by atoms with E-state index in [0.717, 1.165) is 11.3 Å². The van der Waals surface area contributed by atoms with Gasteiger partial charge in [-0.25, -0.2) is 5.43 Å². The highest BCUT2D eigenvalue weighted by atomic mass is 35.5. The number of nitrogens with zero attached hydrogens (tertiary/aromatic N) is 3. The fourth-order valence-electron chi connectivity index (χ4n) is 1.34. The number of anilines is 1. The second kappa shape index (κ2) is 5.62. The molecule has 0 aliphatic carbocycles. The standard InChI is InChI=1S/C12H12ClN5O/c1-7(9-3-5-10(13)6-4-9)15-17-12-14-11(19)8(2)16-18-12/h3-6H,1-2H3,(H2,14,17,18,19)/b15-7-. The molecule has 0 spiro atoms. The Hall–Kier alpha value is -2.21. The van der Waals surface area contributed by atoms with Crippen LogP contribution in [0.2, 0.25) is 5.02 Å². The minimum atomic E-state index is -0.295. The summed E-state index contributed by atoms with van der Waals surface area (Å²) in [5, 5.41) is 12.3. The maximum atomic E-state index is 11.3. The Bertz CT molecular complexity index is 663. The van der Waals surface area contributed by atoms with Crippen molar-refractivity contribution in [2.75, 3.05) is 5.43 Å². The van der Waals surface area contributed by atoms with Crippen molar-refractivity contribution in [2.24, 2.45) is 5.10 Å². The molecule has 0 saturated heterocycles. The zero-order valence-corrected chi connectivity index (χ0v) is 11.2. The Morgan fingerprint density at radius 1 is 1.32 bits per heavy atom. The second-order valence-electron chi connectivity index (χ2n) is 3.90. The maximum Gasteiger partial charge on any atom is 0.274 e. The average Bonchev–Trinajstić information content (AvgIpc) is 2.40. The number of benzene rings is 1. The maximum absolute atomic E-state index is 11.3. The molecule has 1 aromatic carbocycles. The quantitative estimate of drug-likeness (QED) is 0.664. The number of aromatic amines is 1. The summed E-state index contributed by atoms with van der Waals surface area (Å²) in [5.41, 5.74) is 4.32. The van der Waals surface area contributed by atoms with Gasteiger partial charge >= 0.3 is 0 Å². The molecule has 0 amide bonds. The zero-order valence-electron chi connectivity index (χ0n) is 10.4. The summed E-state index contributed by atoms with van der Waals surface area (Å²) in [6, 6.07) is 7.27. The van der Waals surface area contributed by atoms with E-state index < -0.39 is 0 Å². The Labute approximate surface area is 114 Å². The molecular weight excluding hydrogens is 266 g/mol. The van der Waals surface area contributed by atoms with Crippen LogP contribution in [0.5, 0.6) is 0 Å². The SMILES string of the molecule is C/C(=N/Nc1nnc(C)c(=O)[nH]1)c1ccc(Cl)cc1. The van der Waals surface area contributed by atoms with Crippen molar-refractivity contribution in [3.63, 3.8) is 0 Å². The first-order valence-corrected chi connectivity index (χ1v) is 5.94. The number of aromatic nitrogens is 3. The number of hydrogen-bond donors (Lipinski definition) is 2. The molecule has 2 N–H and O–H groups in total. The fourth-order valence-corrected chi connectivity index (χ4v) is 1.46. The van der Waals surface area contributed by atoms with Crippen molar-refractivity contribution in [3.8, 4) is 0 Å². The van der Waals surface area contributed by atoms with Crippen LogP contribution in [0.3, 0.4) is 0 Å². The van der Waals surface area contributed by atoms with Gasteiger partial charge in [0.25, 0.3) is 5.56 Å². The van der Waals surface area contributed by atoms with Gasteiger partial charge < -0.3 is 0 Å². The van der Waals surface area contributed by atoms with Crippen LogP contribution in [0, 0.1) is 6.92 Å². The number of nitrogens with one attached hydrogen (secondary N) is 2. The van der Waals surface area contributed by atoms with Crippen molar-refractivity contribution in [2.45, 2.75) is 13.8 Å². The lowest BCUT2D eigenvalue weighted by Crippen LogP contribution is -2.16. The molecule has 0 saturated carbocycles. The first-order chi connectivity index (χ1) is 9.06. The Morgan fingerprint density at radius 2 is 2.00 bits per heavy atom. The van der Waals surface area contributed by atoms with E-state index >= 15 is 0 Å². The number of halogens is 1. The molecule has 0 unspecified atom stereocenters. The molecule has 7 heteroatoms. The predicted octanol–water partition coefficient (Wildman–Crippen LogP) is 1.96. The molecule has 1 heterocycles. The molecule has 0 radical (unpaired) electrons. The summed E-state index contributed by atoms with van der Waals surface area (Å²) in [7, 11) is 0. The monoisotopic (exact) mass is 277 g/mol. The molecule has 2 rings (SSSR count). The second-order valence-corrected chi connectivity index (χ2v) is 4.34. The van der Waals surface area contributed by atoms with Gasteiger partial charge in [-0.1, -0.05) is 23.7 Å². The smallest absolute Gasteiger partial charge is 0.274 e. The van der Waals surface area contributed by atoms with Gasteiger partial charge in [0.15, 0.2) is 0 Å². The van der Waals surface area contributed by atoms with Gasteiger partial charge in [-0.05, 0) is 31.5 Å². The topological polar surface area (TPSA) is 83.0 Å². The summed E-state index contributed by atoms with van der Waals surface area (Å²) in [5.74, 6) is 0.198. The van der Waals surface area contributed by atoms with E-state index in [4.69, 9.17) is 11.6 Å². The van der Waals surface area contributed by atoms with Crippen molar-refractivity contribution >= 4 is 23.3 Å². The molecule has 0 aliphatic rings. The summed E-state index contributed by atoms with van der Waals surface area (Å²) in [6.07, 6.45) is 0. The lowest BCUT2D eigenvalue weighted by Gasteiger charge is -2.02. The Balaban J connectivity index is 2.15. The minimum Gasteiger partial charge on any atom is -0.288 e. The highest BCUT2D eigenvalue weighted by Gasteiger charge is 2.00. The fraction of sp³-hybridized carbons (Fsp3) is 0.167. The van der Waals surface area contributed by atoms with Gasteiger partial charge in [-0.15, -0.1) is 10.2 Å². The largest absolute Gasteiger partial charge is 0.288 e. The summed E-state index contributed by atoms with van der Waals surface area (Å²) in [4.78, 5) is 13.9. The van der Waals surface area contributed by atoms with Crippen LogP contribution in [0.15, 0.2) is 34.2 Å². The van der Waals surface area contributed by atoms with E-state index in [0.29, 0.717) is 10.7 Å². The lowest BCUT2D eigenvalue weighted by molar-refractivity contribution is 0.897. The van der Waals surface area contributed by atoms with E-state index in [-0.39, 0.29) is 11.5 Å². The third-order valence-corrected chi connectivity index (χ3v) is 2.70. The molecule has 98 valence electrons. The van der Waals surface area contributed by atoms with Gasteiger partial charge in [0, 0.05) is 5.02 Å².